The van der Waals surface area contributed by atoms with E-state index in [0.29, 0.717) is 17.2 Å². The van der Waals surface area contributed by atoms with Crippen LogP contribution in [-0.2, 0) is 0 Å². The molecule has 0 spiro atoms. The Morgan fingerprint density at radius 3 is 3.11 bits per heavy atom. The van der Waals surface area contributed by atoms with Crippen LogP contribution in [0.3, 0.4) is 0 Å². The minimum atomic E-state index is -0.356. The minimum Gasteiger partial charge on any atom is -0.495 e. The molecule has 4 nitrogen and oxygen atoms in total. The van der Waals surface area contributed by atoms with Crippen molar-refractivity contribution in [3.63, 3.8) is 0 Å². The largest absolute Gasteiger partial charge is 0.495 e. The smallest absolute Gasteiger partial charge is 0.267 e. The molecule has 2 heterocycles. The summed E-state index contributed by atoms with van der Waals surface area (Å²) in [5.74, 6) is 0.852. The fourth-order valence-electron chi connectivity index (χ4n) is 2.35. The van der Waals surface area contributed by atoms with E-state index in [9.17, 15) is 9.90 Å². The Balaban J connectivity index is 2.09. The number of methoxy groups -OCH3 is 1. The molecule has 1 aliphatic heterocycles. The van der Waals surface area contributed by atoms with E-state index in [1.807, 2.05) is 16.3 Å². The predicted octanol–water partition coefficient (Wildman–Crippen LogP) is 1.99. The van der Waals surface area contributed by atoms with Gasteiger partial charge in [-0.3, -0.25) is 4.79 Å². The molecular weight excluding hydrogens is 250 g/mol. The number of carbonyl (C=O) groups excluding carboxylic acids is 1. The first-order valence-electron chi connectivity index (χ1n) is 6.22. The van der Waals surface area contributed by atoms with Gasteiger partial charge in [0.25, 0.3) is 5.91 Å². The maximum atomic E-state index is 12.4. The van der Waals surface area contributed by atoms with Crippen LogP contribution in [0, 0.1) is 5.92 Å². The Kier molecular flexibility index (Phi) is 4.24. The molecule has 0 aromatic carbocycles. The van der Waals surface area contributed by atoms with Crippen LogP contribution in [0.5, 0.6) is 5.75 Å². The van der Waals surface area contributed by atoms with Gasteiger partial charge >= 0.3 is 0 Å². The van der Waals surface area contributed by atoms with Gasteiger partial charge in [-0.25, -0.2) is 0 Å². The highest BCUT2D eigenvalue weighted by atomic mass is 32.1. The average molecular weight is 269 g/mol. The SMILES string of the molecule is COc1ccsc1C(=O)N1CCCC(C(C)O)C1. The van der Waals surface area contributed by atoms with Crippen LogP contribution in [0.1, 0.15) is 29.4 Å². The van der Waals surface area contributed by atoms with Crippen LogP contribution in [0.25, 0.3) is 0 Å². The predicted molar refractivity (Wildman–Crippen MR) is 71.2 cm³/mol. The molecule has 0 saturated carbocycles. The van der Waals surface area contributed by atoms with Crippen LogP contribution in [0.2, 0.25) is 0 Å². The maximum absolute atomic E-state index is 12.4. The lowest BCUT2D eigenvalue weighted by Crippen LogP contribution is -2.42. The van der Waals surface area contributed by atoms with Gasteiger partial charge in [-0.2, -0.15) is 0 Å². The van der Waals surface area contributed by atoms with E-state index in [1.165, 1.54) is 11.3 Å². The van der Waals surface area contributed by atoms with Crippen molar-refractivity contribution >= 4 is 17.2 Å². The molecule has 1 aromatic heterocycles. The number of ether oxygens (including phenoxy) is 1. The van der Waals surface area contributed by atoms with E-state index >= 15 is 0 Å². The molecule has 2 unspecified atom stereocenters. The van der Waals surface area contributed by atoms with Crippen LogP contribution < -0.4 is 4.74 Å². The summed E-state index contributed by atoms with van der Waals surface area (Å²) in [5, 5.41) is 11.5. The summed E-state index contributed by atoms with van der Waals surface area (Å²) in [6.07, 6.45) is 1.59. The van der Waals surface area contributed by atoms with E-state index in [-0.39, 0.29) is 17.9 Å². The monoisotopic (exact) mass is 269 g/mol. The van der Waals surface area contributed by atoms with Gasteiger partial charge in [0.1, 0.15) is 10.6 Å². The summed E-state index contributed by atoms with van der Waals surface area (Å²) in [6.45, 7) is 3.20. The summed E-state index contributed by atoms with van der Waals surface area (Å²) in [6, 6.07) is 1.81. The van der Waals surface area contributed by atoms with Crippen molar-refractivity contribution in [1.82, 2.24) is 4.90 Å². The lowest BCUT2D eigenvalue weighted by atomic mass is 9.93. The fraction of sp³-hybridized carbons (Fsp3) is 0.615. The van der Waals surface area contributed by atoms with Crippen LogP contribution >= 0.6 is 11.3 Å². The van der Waals surface area contributed by atoms with Gasteiger partial charge in [0.15, 0.2) is 0 Å². The number of hydrogen-bond donors (Lipinski definition) is 1. The molecular formula is C13H19NO3S. The van der Waals surface area contributed by atoms with Crippen molar-refractivity contribution in [2.45, 2.75) is 25.9 Å². The molecule has 1 N–H and O–H groups in total. The van der Waals surface area contributed by atoms with Gasteiger partial charge in [0.2, 0.25) is 0 Å². The molecule has 1 aliphatic rings. The number of nitrogens with zero attached hydrogens (tertiary/aromatic N) is 1. The molecule has 18 heavy (non-hydrogen) atoms. The second-order valence-corrected chi connectivity index (χ2v) is 5.63. The Morgan fingerprint density at radius 1 is 1.67 bits per heavy atom. The van der Waals surface area contributed by atoms with Crippen molar-refractivity contribution in [3.05, 3.63) is 16.3 Å². The standard InChI is InChI=1S/C13H19NO3S/c1-9(15)10-4-3-6-14(8-10)13(16)12-11(17-2)5-7-18-12/h5,7,9-10,15H,3-4,6,8H2,1-2H3. The molecule has 1 fully saturated rings. The second-order valence-electron chi connectivity index (χ2n) is 4.71. The summed E-state index contributed by atoms with van der Waals surface area (Å²) in [7, 11) is 1.58. The van der Waals surface area contributed by atoms with E-state index in [4.69, 9.17) is 4.74 Å². The Hall–Kier alpha value is -1.07. The third-order valence-electron chi connectivity index (χ3n) is 3.47. The summed E-state index contributed by atoms with van der Waals surface area (Å²) in [5.41, 5.74) is 0. The number of aliphatic hydroxyl groups is 1. The molecule has 1 aromatic rings. The highest BCUT2D eigenvalue weighted by Crippen LogP contribution is 2.28. The number of carbonyl (C=O) groups is 1. The molecule has 1 saturated heterocycles. The molecule has 2 rings (SSSR count). The Morgan fingerprint density at radius 2 is 2.44 bits per heavy atom. The van der Waals surface area contributed by atoms with Gasteiger partial charge in [-0.05, 0) is 31.2 Å². The molecule has 1 amide bonds. The van der Waals surface area contributed by atoms with Gasteiger partial charge in [-0.1, -0.05) is 0 Å². The average Bonchev–Trinajstić information content (AvgIpc) is 2.86. The second kappa shape index (κ2) is 5.71. The Labute approximate surface area is 111 Å². The first kappa shape index (κ1) is 13.4. The van der Waals surface area contributed by atoms with Crippen LogP contribution in [-0.4, -0.2) is 42.2 Å². The number of aliphatic hydroxyl groups excluding tert-OH is 1. The van der Waals surface area contributed by atoms with Gasteiger partial charge in [-0.15, -0.1) is 11.3 Å². The minimum absolute atomic E-state index is 0.0206. The molecule has 2 atom stereocenters. The topological polar surface area (TPSA) is 49.8 Å². The zero-order valence-corrected chi connectivity index (χ0v) is 11.6. The first-order valence-corrected chi connectivity index (χ1v) is 7.10. The van der Waals surface area contributed by atoms with Crippen molar-refractivity contribution in [2.24, 2.45) is 5.92 Å². The highest BCUT2D eigenvalue weighted by molar-refractivity contribution is 7.12. The summed E-state index contributed by atoms with van der Waals surface area (Å²) < 4.78 is 5.19. The van der Waals surface area contributed by atoms with Gasteiger partial charge < -0.3 is 14.7 Å². The van der Waals surface area contributed by atoms with E-state index in [1.54, 1.807) is 14.0 Å². The maximum Gasteiger partial charge on any atom is 0.267 e. The molecule has 100 valence electrons. The summed E-state index contributed by atoms with van der Waals surface area (Å²) in [4.78, 5) is 14.9. The molecule has 0 radical (unpaired) electrons. The first-order chi connectivity index (χ1) is 8.63. The highest BCUT2D eigenvalue weighted by Gasteiger charge is 2.28. The number of rotatable bonds is 3. The van der Waals surface area contributed by atoms with Gasteiger partial charge in [0.05, 0.1) is 13.2 Å². The number of likely N-dealkylation sites (tertiary alicyclic amines) is 1. The Bertz CT molecular complexity index is 416. The van der Waals surface area contributed by atoms with Crippen molar-refractivity contribution < 1.29 is 14.6 Å². The van der Waals surface area contributed by atoms with Gasteiger partial charge in [0, 0.05) is 19.0 Å². The lowest BCUT2D eigenvalue weighted by molar-refractivity contribution is 0.0467. The van der Waals surface area contributed by atoms with E-state index < -0.39 is 0 Å². The van der Waals surface area contributed by atoms with Crippen LogP contribution in [0.4, 0.5) is 0 Å². The fourth-order valence-corrected chi connectivity index (χ4v) is 3.17. The number of thiophene rings is 1. The number of piperidine rings is 1. The number of hydrogen-bond acceptors (Lipinski definition) is 4. The van der Waals surface area contributed by atoms with Crippen molar-refractivity contribution in [3.8, 4) is 5.75 Å². The zero-order chi connectivity index (χ0) is 13.1. The van der Waals surface area contributed by atoms with E-state index in [0.717, 1.165) is 19.4 Å². The lowest BCUT2D eigenvalue weighted by Gasteiger charge is -2.34. The zero-order valence-electron chi connectivity index (χ0n) is 10.8. The molecule has 0 bridgehead atoms. The van der Waals surface area contributed by atoms with Crippen molar-refractivity contribution in [2.75, 3.05) is 20.2 Å². The number of amides is 1. The van der Waals surface area contributed by atoms with Crippen LogP contribution in [0.15, 0.2) is 11.4 Å². The third-order valence-corrected chi connectivity index (χ3v) is 4.35. The molecule has 5 heteroatoms. The normalized spacial score (nSPS) is 21.7. The van der Waals surface area contributed by atoms with E-state index in [2.05, 4.69) is 0 Å². The van der Waals surface area contributed by atoms with Crippen molar-refractivity contribution in [1.29, 1.82) is 0 Å². The molecule has 0 aliphatic carbocycles. The third kappa shape index (κ3) is 2.67. The quantitative estimate of drug-likeness (QED) is 0.913. The summed E-state index contributed by atoms with van der Waals surface area (Å²) >= 11 is 1.41.